The Kier molecular flexibility index (Phi) is 14.1. The number of carbonyl (C=O) groups excluding carboxylic acids is 1. The summed E-state index contributed by atoms with van der Waals surface area (Å²) < 4.78 is 21.0. The van der Waals surface area contributed by atoms with E-state index in [-0.39, 0.29) is 12.5 Å². The van der Waals surface area contributed by atoms with Crippen molar-refractivity contribution in [1.82, 2.24) is 0 Å². The Morgan fingerprint density at radius 1 is 1.04 bits per heavy atom. The second-order valence-electron chi connectivity index (χ2n) is 6.42. The van der Waals surface area contributed by atoms with Crippen LogP contribution in [0.25, 0.3) is 0 Å². The number of phosphoric ester groups is 1. The van der Waals surface area contributed by atoms with Gasteiger partial charge in [-0.05, 0) is 18.8 Å². The van der Waals surface area contributed by atoms with Crippen molar-refractivity contribution >= 4 is 13.8 Å². The molecule has 0 spiro atoms. The van der Waals surface area contributed by atoms with Crippen LogP contribution in [0.5, 0.6) is 0 Å². The van der Waals surface area contributed by atoms with Crippen molar-refractivity contribution in [3.8, 4) is 0 Å². The van der Waals surface area contributed by atoms with E-state index in [2.05, 4.69) is 25.0 Å². The summed E-state index contributed by atoms with van der Waals surface area (Å²) in [6.45, 7) is 7.38. The first-order valence-electron chi connectivity index (χ1n) is 9.37. The van der Waals surface area contributed by atoms with Crippen LogP contribution in [-0.4, -0.2) is 28.5 Å². The van der Waals surface area contributed by atoms with Gasteiger partial charge in [-0.2, -0.15) is 0 Å². The van der Waals surface area contributed by atoms with Crippen molar-refractivity contribution < 1.29 is 28.4 Å². The molecule has 0 radical (unpaired) electrons. The van der Waals surface area contributed by atoms with Crippen molar-refractivity contribution in [1.29, 1.82) is 0 Å². The minimum Gasteiger partial charge on any atom is -0.456 e. The van der Waals surface area contributed by atoms with Crippen molar-refractivity contribution in [2.24, 2.45) is 5.92 Å². The predicted octanol–water partition coefficient (Wildman–Crippen LogP) is 4.75. The Morgan fingerprint density at radius 3 is 1.96 bits per heavy atom. The van der Waals surface area contributed by atoms with Gasteiger partial charge in [-0.25, -0.2) is 9.36 Å². The minimum atomic E-state index is -4.60. The average Bonchev–Trinajstić information content (AvgIpc) is 2.56. The molecule has 6 nitrogen and oxygen atoms in total. The van der Waals surface area contributed by atoms with Crippen molar-refractivity contribution in [2.45, 2.75) is 84.2 Å². The fourth-order valence-electron chi connectivity index (χ4n) is 2.82. The van der Waals surface area contributed by atoms with Crippen molar-refractivity contribution in [3.63, 3.8) is 0 Å². The van der Waals surface area contributed by atoms with Crippen LogP contribution in [0.15, 0.2) is 12.7 Å². The molecule has 0 saturated carbocycles. The second kappa shape index (κ2) is 14.5. The molecule has 0 bridgehead atoms. The van der Waals surface area contributed by atoms with Gasteiger partial charge in [0.2, 0.25) is 0 Å². The van der Waals surface area contributed by atoms with Gasteiger partial charge in [0, 0.05) is 6.08 Å². The zero-order chi connectivity index (χ0) is 19.1. The molecule has 148 valence electrons. The maximum absolute atomic E-state index is 11.6. The summed E-state index contributed by atoms with van der Waals surface area (Å²) in [5.74, 6) is -0.560. The number of rotatable bonds is 16. The van der Waals surface area contributed by atoms with E-state index in [9.17, 15) is 9.36 Å². The van der Waals surface area contributed by atoms with Gasteiger partial charge < -0.3 is 14.5 Å². The SMILES string of the molecule is C=CC(=O)OC(COP(=O)(O)O)C(CCCCCC)CCCCCC. The first kappa shape index (κ1) is 24.3. The van der Waals surface area contributed by atoms with Crippen LogP contribution in [0.2, 0.25) is 0 Å². The number of hydrogen-bond donors (Lipinski definition) is 2. The van der Waals surface area contributed by atoms with E-state index < -0.39 is 19.9 Å². The lowest BCUT2D eigenvalue weighted by atomic mass is 9.90. The number of carbonyl (C=O) groups is 1. The van der Waals surface area contributed by atoms with Crippen LogP contribution in [-0.2, 0) is 18.6 Å². The molecule has 0 aliphatic carbocycles. The Balaban J connectivity index is 4.85. The van der Waals surface area contributed by atoms with E-state index in [1.54, 1.807) is 0 Å². The van der Waals surface area contributed by atoms with Gasteiger partial charge in [0.05, 0.1) is 6.61 Å². The van der Waals surface area contributed by atoms with Crippen LogP contribution < -0.4 is 0 Å². The van der Waals surface area contributed by atoms with Crippen LogP contribution in [0.1, 0.15) is 78.1 Å². The van der Waals surface area contributed by atoms with Gasteiger partial charge in [0.25, 0.3) is 0 Å². The summed E-state index contributed by atoms with van der Waals surface area (Å²) in [6.07, 6.45) is 10.9. The van der Waals surface area contributed by atoms with Crippen LogP contribution >= 0.6 is 7.82 Å². The first-order valence-corrected chi connectivity index (χ1v) is 10.9. The van der Waals surface area contributed by atoms with E-state index in [1.807, 2.05) is 0 Å². The molecule has 0 fully saturated rings. The zero-order valence-electron chi connectivity index (χ0n) is 15.7. The molecule has 0 aromatic carbocycles. The molecular weight excluding hydrogens is 343 g/mol. The van der Waals surface area contributed by atoms with Gasteiger partial charge >= 0.3 is 13.8 Å². The molecule has 0 aliphatic rings. The van der Waals surface area contributed by atoms with Gasteiger partial charge in [-0.15, -0.1) is 0 Å². The van der Waals surface area contributed by atoms with Gasteiger partial charge in [-0.3, -0.25) is 4.52 Å². The Morgan fingerprint density at radius 2 is 1.56 bits per heavy atom. The Bertz CT molecular complexity index is 394. The third kappa shape index (κ3) is 14.2. The van der Waals surface area contributed by atoms with Crippen LogP contribution in [0.4, 0.5) is 0 Å². The molecule has 0 rings (SSSR count). The summed E-state index contributed by atoms with van der Waals surface area (Å²) in [6, 6.07) is 0. The normalized spacial score (nSPS) is 13.0. The maximum Gasteiger partial charge on any atom is 0.469 e. The van der Waals surface area contributed by atoms with Crippen molar-refractivity contribution in [2.75, 3.05) is 6.61 Å². The van der Waals surface area contributed by atoms with Gasteiger partial charge in [0.15, 0.2) is 0 Å². The standard InChI is InChI=1S/C18H35O6P/c1-4-7-9-11-13-16(14-12-10-8-5-2)17(24-18(19)6-3)15-23-25(20,21)22/h6,16-17H,3-5,7-15H2,1-2H3,(H2,20,21,22). The molecule has 0 aliphatic heterocycles. The smallest absolute Gasteiger partial charge is 0.456 e. The number of hydrogen-bond acceptors (Lipinski definition) is 4. The number of unbranched alkanes of at least 4 members (excludes halogenated alkanes) is 6. The zero-order valence-corrected chi connectivity index (χ0v) is 16.6. The number of ether oxygens (including phenoxy) is 1. The highest BCUT2D eigenvalue weighted by atomic mass is 31.2. The summed E-state index contributed by atoms with van der Waals surface area (Å²) in [5.41, 5.74) is 0. The molecule has 0 heterocycles. The molecule has 0 aromatic heterocycles. The lowest BCUT2D eigenvalue weighted by molar-refractivity contribution is -0.148. The van der Waals surface area contributed by atoms with E-state index in [0.717, 1.165) is 70.3 Å². The largest absolute Gasteiger partial charge is 0.469 e. The molecule has 25 heavy (non-hydrogen) atoms. The third-order valence-corrected chi connectivity index (χ3v) is 4.71. The van der Waals surface area contributed by atoms with Crippen LogP contribution in [0, 0.1) is 5.92 Å². The summed E-state index contributed by atoms with van der Waals surface area (Å²) in [5, 5.41) is 0. The molecule has 1 unspecified atom stereocenters. The number of phosphoric acid groups is 1. The number of esters is 1. The molecular formula is C18H35O6P. The fourth-order valence-corrected chi connectivity index (χ4v) is 3.16. The van der Waals surface area contributed by atoms with E-state index >= 15 is 0 Å². The topological polar surface area (TPSA) is 93.1 Å². The lowest BCUT2D eigenvalue weighted by Crippen LogP contribution is -2.31. The highest BCUT2D eigenvalue weighted by molar-refractivity contribution is 7.46. The third-order valence-electron chi connectivity index (χ3n) is 4.22. The maximum atomic E-state index is 11.6. The van der Waals surface area contributed by atoms with Gasteiger partial charge in [0.1, 0.15) is 6.10 Å². The predicted molar refractivity (Wildman–Crippen MR) is 99.1 cm³/mol. The molecule has 7 heteroatoms. The quantitative estimate of drug-likeness (QED) is 0.174. The van der Waals surface area contributed by atoms with E-state index in [1.165, 1.54) is 0 Å². The van der Waals surface area contributed by atoms with Crippen LogP contribution in [0.3, 0.4) is 0 Å². The molecule has 0 amide bonds. The van der Waals surface area contributed by atoms with Gasteiger partial charge in [-0.1, -0.05) is 71.8 Å². The Hall–Kier alpha value is -0.680. The van der Waals surface area contributed by atoms with Crippen molar-refractivity contribution in [3.05, 3.63) is 12.7 Å². The summed E-state index contributed by atoms with van der Waals surface area (Å²) >= 11 is 0. The highest BCUT2D eigenvalue weighted by Gasteiger charge is 2.27. The lowest BCUT2D eigenvalue weighted by Gasteiger charge is -2.27. The molecule has 2 N–H and O–H groups in total. The highest BCUT2D eigenvalue weighted by Crippen LogP contribution is 2.37. The second-order valence-corrected chi connectivity index (χ2v) is 7.66. The Labute approximate surface area is 152 Å². The summed E-state index contributed by atoms with van der Waals surface area (Å²) in [7, 11) is -4.60. The van der Waals surface area contributed by atoms with E-state index in [0.29, 0.717) is 0 Å². The molecule has 0 aromatic rings. The molecule has 0 saturated heterocycles. The average molecular weight is 378 g/mol. The first-order chi connectivity index (χ1) is 11.8. The fraction of sp³-hybridized carbons (Fsp3) is 0.833. The summed E-state index contributed by atoms with van der Waals surface area (Å²) in [4.78, 5) is 29.5. The monoisotopic (exact) mass is 378 g/mol. The molecule has 1 atom stereocenters. The minimum absolute atomic E-state index is 0.0316. The van der Waals surface area contributed by atoms with E-state index in [4.69, 9.17) is 14.5 Å².